The van der Waals surface area contributed by atoms with E-state index in [1.54, 1.807) is 0 Å². The summed E-state index contributed by atoms with van der Waals surface area (Å²) in [5.74, 6) is 0.312. The molecule has 0 radical (unpaired) electrons. The molecule has 154 valence electrons. The van der Waals surface area contributed by atoms with Gasteiger partial charge in [0.25, 0.3) is 5.12 Å². The quantitative estimate of drug-likeness (QED) is 0.167. The highest BCUT2D eigenvalue weighted by Gasteiger charge is 2.42. The maximum absolute atomic E-state index is 11.9. The smallest absolute Gasteiger partial charge is 0.374 e. The molecule has 1 unspecified atom stereocenters. The summed E-state index contributed by atoms with van der Waals surface area (Å²) >= 11 is 1.10. The highest BCUT2D eigenvalue weighted by atomic mass is 32.2. The molecule has 0 N–H and O–H groups in total. The van der Waals surface area contributed by atoms with E-state index in [1.807, 2.05) is 39.8 Å². The second-order valence-corrected chi connectivity index (χ2v) is 10.1. The zero-order chi connectivity index (χ0) is 20.0. The van der Waals surface area contributed by atoms with Crippen LogP contribution in [0.3, 0.4) is 0 Å². The van der Waals surface area contributed by atoms with Gasteiger partial charge < -0.3 is 13.3 Å². The van der Waals surface area contributed by atoms with E-state index in [0.717, 1.165) is 31.0 Å². The van der Waals surface area contributed by atoms with Crippen molar-refractivity contribution < 1.29 is 22.9 Å². The standard InChI is InChI=1S/C18H37NO5SSi/c1-7-10-11-13-17(20)18(21)25-14-12-15-26(22-8-2,23-9-3)24-16(4)19(5)6/h16H,7-15H2,1-6H3. The number of carbonyl (C=O) groups is 2. The summed E-state index contributed by atoms with van der Waals surface area (Å²) in [6.45, 7) is 8.94. The summed E-state index contributed by atoms with van der Waals surface area (Å²) in [5.41, 5.74) is 0. The molecular formula is C18H37NO5SSi. The largest absolute Gasteiger partial charge is 0.502 e. The number of unbranched alkanes of at least 4 members (excludes halogenated alkanes) is 2. The Morgan fingerprint density at radius 1 is 1.04 bits per heavy atom. The lowest BCUT2D eigenvalue weighted by molar-refractivity contribution is -0.131. The Bertz CT molecular complexity index is 403. The van der Waals surface area contributed by atoms with Crippen LogP contribution in [0.5, 0.6) is 0 Å². The molecule has 0 amide bonds. The number of carbonyl (C=O) groups excluding carboxylic acids is 2. The van der Waals surface area contributed by atoms with Gasteiger partial charge >= 0.3 is 8.80 Å². The maximum atomic E-state index is 11.9. The van der Waals surface area contributed by atoms with E-state index < -0.39 is 8.80 Å². The normalized spacial score (nSPS) is 13.2. The molecule has 0 aromatic heterocycles. The van der Waals surface area contributed by atoms with Crippen molar-refractivity contribution in [2.75, 3.05) is 33.1 Å². The summed E-state index contributed by atoms with van der Waals surface area (Å²) < 4.78 is 18.0. The molecular weight excluding hydrogens is 370 g/mol. The van der Waals surface area contributed by atoms with Crippen LogP contribution >= 0.6 is 11.8 Å². The first-order chi connectivity index (χ1) is 12.3. The Hall–Kier alpha value is -0.253. The van der Waals surface area contributed by atoms with Gasteiger partial charge in [-0.1, -0.05) is 31.5 Å². The van der Waals surface area contributed by atoms with Crippen LogP contribution in [0.1, 0.15) is 59.8 Å². The topological polar surface area (TPSA) is 65.1 Å². The molecule has 0 rings (SSSR count). The minimum atomic E-state index is -2.80. The van der Waals surface area contributed by atoms with Crippen LogP contribution in [0, 0.1) is 0 Å². The van der Waals surface area contributed by atoms with Crippen molar-refractivity contribution in [2.45, 2.75) is 72.1 Å². The second-order valence-electron chi connectivity index (χ2n) is 6.35. The summed E-state index contributed by atoms with van der Waals surface area (Å²) in [5, 5.41) is -0.330. The maximum Gasteiger partial charge on any atom is 0.502 e. The fraction of sp³-hybridized carbons (Fsp3) is 0.889. The van der Waals surface area contributed by atoms with Crippen molar-refractivity contribution >= 4 is 31.5 Å². The van der Waals surface area contributed by atoms with Gasteiger partial charge in [0.1, 0.15) is 6.23 Å². The van der Waals surface area contributed by atoms with Gasteiger partial charge in [-0.25, -0.2) is 0 Å². The van der Waals surface area contributed by atoms with Crippen molar-refractivity contribution in [1.82, 2.24) is 4.90 Å². The Labute approximate surface area is 164 Å². The SMILES string of the molecule is CCCCCC(=O)C(=O)SCCC[Si](OCC)(OCC)OC(C)N(C)C. The summed E-state index contributed by atoms with van der Waals surface area (Å²) in [4.78, 5) is 25.7. The average Bonchev–Trinajstić information content (AvgIpc) is 2.59. The first kappa shape index (κ1) is 25.7. The van der Waals surface area contributed by atoms with Gasteiger partial charge in [-0.15, -0.1) is 0 Å². The lowest BCUT2D eigenvalue weighted by atomic mass is 10.1. The van der Waals surface area contributed by atoms with Gasteiger partial charge in [0.05, 0.1) is 0 Å². The number of nitrogens with zero attached hydrogens (tertiary/aromatic N) is 1. The van der Waals surface area contributed by atoms with E-state index in [-0.39, 0.29) is 17.1 Å². The van der Waals surface area contributed by atoms with Gasteiger partial charge in [0.2, 0.25) is 5.78 Å². The van der Waals surface area contributed by atoms with Crippen LogP contribution in [0.2, 0.25) is 6.04 Å². The van der Waals surface area contributed by atoms with Crippen LogP contribution in [0.25, 0.3) is 0 Å². The first-order valence-electron chi connectivity index (χ1n) is 9.63. The zero-order valence-electron chi connectivity index (χ0n) is 17.3. The molecule has 0 aliphatic heterocycles. The fourth-order valence-electron chi connectivity index (χ4n) is 2.29. The molecule has 8 heteroatoms. The van der Waals surface area contributed by atoms with Gasteiger partial charge in [0, 0.05) is 31.4 Å². The van der Waals surface area contributed by atoms with Gasteiger partial charge in [0.15, 0.2) is 0 Å². The van der Waals surface area contributed by atoms with Gasteiger partial charge in [-0.3, -0.25) is 14.5 Å². The number of rotatable bonds is 16. The zero-order valence-corrected chi connectivity index (χ0v) is 19.2. The third-order valence-corrected chi connectivity index (χ3v) is 8.01. The molecule has 26 heavy (non-hydrogen) atoms. The van der Waals surface area contributed by atoms with E-state index in [0.29, 0.717) is 37.9 Å². The highest BCUT2D eigenvalue weighted by Crippen LogP contribution is 2.22. The third kappa shape index (κ3) is 10.8. The Balaban J connectivity index is 4.50. The molecule has 0 aromatic carbocycles. The predicted molar refractivity (Wildman–Crippen MR) is 109 cm³/mol. The molecule has 0 saturated heterocycles. The lowest BCUT2D eigenvalue weighted by Gasteiger charge is -2.34. The fourth-order valence-corrected chi connectivity index (χ4v) is 6.13. The minimum absolute atomic E-state index is 0.116. The molecule has 0 aromatic rings. The lowest BCUT2D eigenvalue weighted by Crippen LogP contribution is -2.50. The van der Waals surface area contributed by atoms with Crippen molar-refractivity contribution in [1.29, 1.82) is 0 Å². The molecule has 0 fully saturated rings. The number of Topliss-reactive ketones (excluding diaryl/α,β-unsaturated/α-hetero) is 1. The Morgan fingerprint density at radius 2 is 1.65 bits per heavy atom. The van der Waals surface area contributed by atoms with E-state index in [9.17, 15) is 9.59 Å². The number of hydrogen-bond donors (Lipinski definition) is 0. The van der Waals surface area contributed by atoms with Crippen LogP contribution in [-0.2, 0) is 22.9 Å². The minimum Gasteiger partial charge on any atom is -0.374 e. The molecule has 0 heterocycles. The van der Waals surface area contributed by atoms with E-state index >= 15 is 0 Å². The predicted octanol–water partition coefficient (Wildman–Crippen LogP) is 3.72. The number of thioether (sulfide) groups is 1. The second kappa shape index (κ2) is 14.8. The highest BCUT2D eigenvalue weighted by molar-refractivity contribution is 8.15. The van der Waals surface area contributed by atoms with E-state index in [2.05, 4.69) is 6.92 Å². The van der Waals surface area contributed by atoms with E-state index in [1.165, 1.54) is 0 Å². The van der Waals surface area contributed by atoms with Crippen molar-refractivity contribution in [3.63, 3.8) is 0 Å². The van der Waals surface area contributed by atoms with Crippen LogP contribution in [-0.4, -0.2) is 63.9 Å². The molecule has 1 atom stereocenters. The van der Waals surface area contributed by atoms with Crippen molar-refractivity contribution in [3.05, 3.63) is 0 Å². The summed E-state index contributed by atoms with van der Waals surface area (Å²) in [6, 6.07) is 0.636. The number of hydrogen-bond acceptors (Lipinski definition) is 7. The molecule has 6 nitrogen and oxygen atoms in total. The average molecular weight is 408 g/mol. The monoisotopic (exact) mass is 407 g/mol. The molecule has 0 saturated carbocycles. The van der Waals surface area contributed by atoms with Crippen LogP contribution < -0.4 is 0 Å². The van der Waals surface area contributed by atoms with Crippen molar-refractivity contribution in [2.24, 2.45) is 0 Å². The first-order valence-corrected chi connectivity index (χ1v) is 12.6. The third-order valence-electron chi connectivity index (χ3n) is 3.90. The van der Waals surface area contributed by atoms with Crippen LogP contribution in [0.15, 0.2) is 0 Å². The Morgan fingerprint density at radius 3 is 2.15 bits per heavy atom. The van der Waals surface area contributed by atoms with Crippen molar-refractivity contribution in [3.8, 4) is 0 Å². The molecule has 0 bridgehead atoms. The molecule has 0 aliphatic carbocycles. The summed E-state index contributed by atoms with van der Waals surface area (Å²) in [7, 11) is 1.09. The van der Waals surface area contributed by atoms with Crippen LogP contribution in [0.4, 0.5) is 0 Å². The molecule has 0 spiro atoms. The Kier molecular flexibility index (Phi) is 14.6. The van der Waals surface area contributed by atoms with Gasteiger partial charge in [-0.05, 0) is 47.7 Å². The van der Waals surface area contributed by atoms with E-state index in [4.69, 9.17) is 13.3 Å². The molecule has 0 aliphatic rings. The summed E-state index contributed by atoms with van der Waals surface area (Å²) in [6.07, 6.45) is 3.78. The number of ketones is 1. The van der Waals surface area contributed by atoms with Gasteiger partial charge in [-0.2, -0.15) is 0 Å².